The van der Waals surface area contributed by atoms with Crippen LogP contribution in [0.1, 0.15) is 16.7 Å². The Morgan fingerprint density at radius 1 is 1.03 bits per heavy atom. The van der Waals surface area contributed by atoms with Crippen LogP contribution in [0.4, 0.5) is 18.9 Å². The lowest BCUT2D eigenvalue weighted by molar-refractivity contribution is -0.137. The molecule has 0 aliphatic rings. The summed E-state index contributed by atoms with van der Waals surface area (Å²) < 4.78 is 41.5. The smallest absolute Gasteiger partial charge is 0.325 e. The molecule has 34 heavy (non-hydrogen) atoms. The number of nitrogens with one attached hydrogen (secondary N) is 1. The van der Waals surface area contributed by atoms with Crippen LogP contribution in [0.25, 0.3) is 17.2 Å². The highest BCUT2D eigenvalue weighted by atomic mass is 32.2. The molecule has 6 nitrogen and oxygen atoms in total. The molecule has 10 heteroatoms. The van der Waals surface area contributed by atoms with Crippen LogP contribution in [0.5, 0.6) is 0 Å². The van der Waals surface area contributed by atoms with Crippen LogP contribution in [0.3, 0.4) is 0 Å². The topological polar surface area (TPSA) is 72.7 Å². The van der Waals surface area contributed by atoms with E-state index in [4.69, 9.17) is 0 Å². The zero-order chi connectivity index (χ0) is 24.3. The number of amides is 1. The summed E-state index contributed by atoms with van der Waals surface area (Å²) in [6.45, 7) is 3.95. The highest BCUT2D eigenvalue weighted by Crippen LogP contribution is 2.35. The van der Waals surface area contributed by atoms with Crippen molar-refractivity contribution in [2.24, 2.45) is 0 Å². The SMILES string of the molecule is Cc1ccc(-n2c(SCC(=O)Nc3ccccc3C(F)(F)F)nnc2-c2ccccn2)c(C)c1. The van der Waals surface area contributed by atoms with Gasteiger partial charge in [-0.2, -0.15) is 13.2 Å². The first-order chi connectivity index (χ1) is 16.2. The Morgan fingerprint density at radius 2 is 1.79 bits per heavy atom. The average molecular weight is 484 g/mol. The zero-order valence-corrected chi connectivity index (χ0v) is 19.1. The molecule has 0 spiro atoms. The summed E-state index contributed by atoms with van der Waals surface area (Å²) in [5.74, 6) is -0.244. The average Bonchev–Trinajstić information content (AvgIpc) is 3.21. The van der Waals surface area contributed by atoms with Gasteiger partial charge in [-0.3, -0.25) is 14.3 Å². The highest BCUT2D eigenvalue weighted by Gasteiger charge is 2.33. The summed E-state index contributed by atoms with van der Waals surface area (Å²) in [7, 11) is 0. The van der Waals surface area contributed by atoms with Crippen molar-refractivity contribution in [2.45, 2.75) is 25.2 Å². The maximum absolute atomic E-state index is 13.2. The van der Waals surface area contributed by atoms with Crippen LogP contribution in [0, 0.1) is 13.8 Å². The van der Waals surface area contributed by atoms with Crippen LogP contribution < -0.4 is 5.32 Å². The number of halogens is 3. The van der Waals surface area contributed by atoms with Gasteiger partial charge in [-0.1, -0.05) is 47.7 Å². The van der Waals surface area contributed by atoms with Crippen molar-refractivity contribution in [3.8, 4) is 17.2 Å². The highest BCUT2D eigenvalue weighted by molar-refractivity contribution is 7.99. The fraction of sp³-hybridized carbons (Fsp3) is 0.167. The van der Waals surface area contributed by atoms with Crippen LogP contribution >= 0.6 is 11.8 Å². The number of alkyl halides is 3. The van der Waals surface area contributed by atoms with Gasteiger partial charge in [0.1, 0.15) is 5.69 Å². The molecule has 0 fully saturated rings. The molecule has 0 aliphatic heterocycles. The van der Waals surface area contributed by atoms with Gasteiger partial charge in [0.2, 0.25) is 5.91 Å². The Balaban J connectivity index is 1.62. The molecular weight excluding hydrogens is 463 g/mol. The molecule has 0 radical (unpaired) electrons. The number of hydrogen-bond donors (Lipinski definition) is 1. The van der Waals surface area contributed by atoms with E-state index < -0.39 is 17.6 Å². The zero-order valence-electron chi connectivity index (χ0n) is 18.3. The maximum atomic E-state index is 13.2. The lowest BCUT2D eigenvalue weighted by atomic mass is 10.1. The third-order valence-electron chi connectivity index (χ3n) is 4.96. The number of nitrogens with zero attached hydrogens (tertiary/aromatic N) is 4. The van der Waals surface area contributed by atoms with E-state index in [2.05, 4.69) is 20.5 Å². The Kier molecular flexibility index (Phi) is 6.69. The Bertz CT molecular complexity index is 1320. The van der Waals surface area contributed by atoms with Crippen molar-refractivity contribution in [3.05, 3.63) is 83.6 Å². The standard InChI is InChI=1S/C24H20F3N5OS/c1-15-10-11-20(16(2)13-15)32-22(19-9-5-6-12-28-19)30-31-23(32)34-14-21(33)29-18-8-4-3-7-17(18)24(25,26)27/h3-13H,14H2,1-2H3,(H,29,33). The number of thioether (sulfide) groups is 1. The number of anilines is 1. The number of aromatic nitrogens is 4. The number of hydrogen-bond acceptors (Lipinski definition) is 5. The fourth-order valence-corrected chi connectivity index (χ4v) is 4.20. The summed E-state index contributed by atoms with van der Waals surface area (Å²) in [5, 5.41) is 11.3. The van der Waals surface area contributed by atoms with Gasteiger partial charge < -0.3 is 5.32 Å². The minimum atomic E-state index is -4.57. The lowest BCUT2D eigenvalue weighted by Gasteiger charge is -2.14. The van der Waals surface area contributed by atoms with E-state index >= 15 is 0 Å². The molecule has 1 amide bonds. The van der Waals surface area contributed by atoms with Gasteiger partial charge in [0.15, 0.2) is 11.0 Å². The van der Waals surface area contributed by atoms with E-state index in [1.807, 2.05) is 38.1 Å². The van der Waals surface area contributed by atoms with Crippen LogP contribution in [-0.2, 0) is 11.0 Å². The first-order valence-corrected chi connectivity index (χ1v) is 11.3. The van der Waals surface area contributed by atoms with Gasteiger partial charge in [0.05, 0.1) is 22.7 Å². The summed E-state index contributed by atoms with van der Waals surface area (Å²) in [6, 6.07) is 16.2. The molecule has 2 aromatic carbocycles. The van der Waals surface area contributed by atoms with E-state index in [1.165, 1.54) is 18.2 Å². The number of pyridine rings is 1. The van der Waals surface area contributed by atoms with Crippen molar-refractivity contribution in [1.29, 1.82) is 0 Å². The van der Waals surface area contributed by atoms with Gasteiger partial charge in [-0.05, 0) is 49.7 Å². The van der Waals surface area contributed by atoms with E-state index in [0.717, 1.165) is 34.6 Å². The van der Waals surface area contributed by atoms with Gasteiger partial charge in [-0.15, -0.1) is 10.2 Å². The molecule has 0 saturated carbocycles. The van der Waals surface area contributed by atoms with E-state index in [1.54, 1.807) is 22.9 Å². The molecule has 1 N–H and O–H groups in total. The second-order valence-electron chi connectivity index (χ2n) is 7.53. The third kappa shape index (κ3) is 5.12. The minimum Gasteiger partial charge on any atom is -0.325 e. The number of benzene rings is 2. The minimum absolute atomic E-state index is 0.155. The second kappa shape index (κ2) is 9.68. The van der Waals surface area contributed by atoms with Gasteiger partial charge in [0, 0.05) is 6.20 Å². The number of rotatable bonds is 6. The molecule has 4 aromatic rings. The Labute approximate surface area is 198 Å². The summed E-state index contributed by atoms with van der Waals surface area (Å²) in [5.41, 5.74) is 2.30. The normalized spacial score (nSPS) is 11.4. The van der Waals surface area contributed by atoms with Crippen LogP contribution in [-0.4, -0.2) is 31.4 Å². The van der Waals surface area contributed by atoms with Crippen molar-refractivity contribution >= 4 is 23.4 Å². The van der Waals surface area contributed by atoms with Gasteiger partial charge in [-0.25, -0.2) is 0 Å². The van der Waals surface area contributed by atoms with Crippen molar-refractivity contribution in [3.63, 3.8) is 0 Å². The number of carbonyl (C=O) groups excluding carboxylic acids is 1. The molecule has 2 aromatic heterocycles. The largest absolute Gasteiger partial charge is 0.418 e. The van der Waals surface area contributed by atoms with Gasteiger partial charge >= 0.3 is 6.18 Å². The molecule has 2 heterocycles. The van der Waals surface area contributed by atoms with Gasteiger partial charge in [0.25, 0.3) is 0 Å². The third-order valence-corrected chi connectivity index (χ3v) is 5.89. The van der Waals surface area contributed by atoms with Crippen LogP contribution in [0.15, 0.2) is 72.0 Å². The van der Waals surface area contributed by atoms with Crippen molar-refractivity contribution < 1.29 is 18.0 Å². The molecule has 0 aliphatic carbocycles. The number of para-hydroxylation sites is 1. The van der Waals surface area contributed by atoms with E-state index in [-0.39, 0.29) is 11.4 Å². The Morgan fingerprint density at radius 3 is 2.50 bits per heavy atom. The first-order valence-electron chi connectivity index (χ1n) is 10.3. The predicted octanol–water partition coefficient (Wildman–Crippen LogP) is 5.70. The molecule has 4 rings (SSSR count). The quantitative estimate of drug-likeness (QED) is 0.357. The maximum Gasteiger partial charge on any atom is 0.418 e. The predicted molar refractivity (Wildman–Crippen MR) is 125 cm³/mol. The van der Waals surface area contributed by atoms with Crippen LogP contribution in [0.2, 0.25) is 0 Å². The molecule has 174 valence electrons. The second-order valence-corrected chi connectivity index (χ2v) is 8.47. The van der Waals surface area contributed by atoms with Crippen molar-refractivity contribution in [2.75, 3.05) is 11.1 Å². The molecule has 0 atom stereocenters. The lowest BCUT2D eigenvalue weighted by Crippen LogP contribution is -2.18. The van der Waals surface area contributed by atoms with Crippen molar-refractivity contribution in [1.82, 2.24) is 19.7 Å². The fourth-order valence-electron chi connectivity index (χ4n) is 3.45. The Hall–Kier alpha value is -3.66. The molecule has 0 unspecified atom stereocenters. The molecular formula is C24H20F3N5OS. The van der Waals surface area contributed by atoms with E-state index in [9.17, 15) is 18.0 Å². The summed E-state index contributed by atoms with van der Waals surface area (Å²) >= 11 is 1.08. The first kappa shape index (κ1) is 23.5. The summed E-state index contributed by atoms with van der Waals surface area (Å²) in [6.07, 6.45) is -2.92. The molecule has 0 bridgehead atoms. The monoisotopic (exact) mass is 483 g/mol. The number of carbonyl (C=O) groups is 1. The molecule has 0 saturated heterocycles. The van der Waals surface area contributed by atoms with E-state index in [0.29, 0.717) is 16.7 Å². The summed E-state index contributed by atoms with van der Waals surface area (Å²) in [4.78, 5) is 16.9. The number of aryl methyl sites for hydroxylation is 2.